The lowest BCUT2D eigenvalue weighted by Crippen LogP contribution is -2.30. The van der Waals surface area contributed by atoms with Gasteiger partial charge in [0.1, 0.15) is 6.10 Å². The van der Waals surface area contributed by atoms with Gasteiger partial charge >= 0.3 is 0 Å². The molecule has 2 rings (SSSR count). The molecule has 0 bridgehead atoms. The van der Waals surface area contributed by atoms with Crippen molar-refractivity contribution in [2.75, 3.05) is 19.8 Å². The van der Waals surface area contributed by atoms with Crippen LogP contribution in [-0.4, -0.2) is 48.0 Å². The third kappa shape index (κ3) is 4.47. The molecule has 1 aromatic heterocycles. The second-order valence-electron chi connectivity index (χ2n) is 4.87. The molecule has 0 saturated carbocycles. The van der Waals surface area contributed by atoms with Crippen molar-refractivity contribution in [1.82, 2.24) is 10.3 Å². The number of aliphatic hydroxyl groups excluding tert-OH is 1. The van der Waals surface area contributed by atoms with Crippen molar-refractivity contribution >= 4 is 5.91 Å². The first-order chi connectivity index (χ1) is 9.65. The zero-order valence-corrected chi connectivity index (χ0v) is 11.5. The Balaban J connectivity index is 1.87. The summed E-state index contributed by atoms with van der Waals surface area (Å²) in [5.74, 6) is 0.264. The van der Waals surface area contributed by atoms with Crippen molar-refractivity contribution in [2.24, 2.45) is 0 Å². The van der Waals surface area contributed by atoms with Crippen LogP contribution in [-0.2, 0) is 4.74 Å². The summed E-state index contributed by atoms with van der Waals surface area (Å²) < 4.78 is 11.0. The molecular weight excluding hydrogens is 260 g/mol. The van der Waals surface area contributed by atoms with Gasteiger partial charge in [-0.05, 0) is 13.0 Å². The first kappa shape index (κ1) is 14.7. The fourth-order valence-corrected chi connectivity index (χ4v) is 1.89. The fourth-order valence-electron chi connectivity index (χ4n) is 1.89. The molecule has 1 aliphatic heterocycles. The van der Waals surface area contributed by atoms with Crippen LogP contribution in [0.2, 0.25) is 0 Å². The van der Waals surface area contributed by atoms with E-state index >= 15 is 0 Å². The van der Waals surface area contributed by atoms with E-state index in [1.165, 1.54) is 6.20 Å². The minimum atomic E-state index is -0.567. The SMILES string of the molecule is C[C@@H](O)CNC(=O)c1ccc(OC2CCOCC2)nc1. The van der Waals surface area contributed by atoms with Crippen molar-refractivity contribution in [3.05, 3.63) is 23.9 Å². The van der Waals surface area contributed by atoms with Gasteiger partial charge in [0.05, 0.1) is 24.9 Å². The Morgan fingerprint density at radius 1 is 1.55 bits per heavy atom. The van der Waals surface area contributed by atoms with Crippen LogP contribution < -0.4 is 10.1 Å². The number of carbonyl (C=O) groups is 1. The minimum Gasteiger partial charge on any atom is -0.474 e. The van der Waals surface area contributed by atoms with E-state index < -0.39 is 6.10 Å². The van der Waals surface area contributed by atoms with Gasteiger partial charge in [-0.25, -0.2) is 4.98 Å². The average molecular weight is 280 g/mol. The normalized spacial score (nSPS) is 17.5. The molecule has 6 heteroatoms. The van der Waals surface area contributed by atoms with E-state index in [2.05, 4.69) is 10.3 Å². The average Bonchev–Trinajstić information content (AvgIpc) is 2.46. The van der Waals surface area contributed by atoms with E-state index in [1.807, 2.05) is 0 Å². The third-order valence-corrected chi connectivity index (χ3v) is 3.01. The van der Waals surface area contributed by atoms with Crippen molar-refractivity contribution in [3.8, 4) is 5.88 Å². The number of carbonyl (C=O) groups excluding carboxylic acids is 1. The molecule has 1 aromatic rings. The lowest BCUT2D eigenvalue weighted by Gasteiger charge is -2.22. The van der Waals surface area contributed by atoms with Crippen LogP contribution in [0.5, 0.6) is 5.88 Å². The molecule has 2 heterocycles. The number of rotatable bonds is 5. The number of hydrogen-bond donors (Lipinski definition) is 2. The Morgan fingerprint density at radius 3 is 2.90 bits per heavy atom. The summed E-state index contributed by atoms with van der Waals surface area (Å²) in [5, 5.41) is 11.7. The quantitative estimate of drug-likeness (QED) is 0.832. The molecule has 1 saturated heterocycles. The van der Waals surface area contributed by atoms with Crippen LogP contribution in [0.4, 0.5) is 0 Å². The maximum Gasteiger partial charge on any atom is 0.252 e. The van der Waals surface area contributed by atoms with Crippen molar-refractivity contribution in [3.63, 3.8) is 0 Å². The second-order valence-corrected chi connectivity index (χ2v) is 4.87. The molecule has 0 radical (unpaired) electrons. The van der Waals surface area contributed by atoms with Gasteiger partial charge in [0.25, 0.3) is 5.91 Å². The topological polar surface area (TPSA) is 80.7 Å². The Bertz CT molecular complexity index is 427. The van der Waals surface area contributed by atoms with E-state index in [4.69, 9.17) is 14.6 Å². The highest BCUT2D eigenvalue weighted by molar-refractivity contribution is 5.93. The summed E-state index contributed by atoms with van der Waals surface area (Å²) in [5.41, 5.74) is 0.449. The van der Waals surface area contributed by atoms with E-state index in [1.54, 1.807) is 19.1 Å². The zero-order valence-electron chi connectivity index (χ0n) is 11.5. The highest BCUT2D eigenvalue weighted by Gasteiger charge is 2.16. The number of aliphatic hydroxyl groups is 1. The molecule has 0 aromatic carbocycles. The lowest BCUT2D eigenvalue weighted by molar-refractivity contribution is 0.0237. The van der Waals surface area contributed by atoms with Gasteiger partial charge < -0.3 is 19.9 Å². The number of nitrogens with one attached hydrogen (secondary N) is 1. The van der Waals surface area contributed by atoms with Crippen LogP contribution in [0, 0.1) is 0 Å². The molecule has 0 aliphatic carbocycles. The first-order valence-electron chi connectivity index (χ1n) is 6.82. The number of amides is 1. The Morgan fingerprint density at radius 2 is 2.30 bits per heavy atom. The first-order valence-corrected chi connectivity index (χ1v) is 6.82. The number of hydrogen-bond acceptors (Lipinski definition) is 5. The van der Waals surface area contributed by atoms with Gasteiger partial charge in [0, 0.05) is 31.6 Å². The highest BCUT2D eigenvalue weighted by Crippen LogP contribution is 2.15. The molecule has 1 amide bonds. The molecule has 2 N–H and O–H groups in total. The monoisotopic (exact) mass is 280 g/mol. The maximum atomic E-state index is 11.7. The van der Waals surface area contributed by atoms with E-state index in [0.717, 1.165) is 12.8 Å². The number of pyridine rings is 1. The summed E-state index contributed by atoms with van der Waals surface area (Å²) >= 11 is 0. The summed E-state index contributed by atoms with van der Waals surface area (Å²) in [6, 6.07) is 3.35. The standard InChI is InChI=1S/C14H20N2O4/c1-10(17)8-16-14(18)11-2-3-13(15-9-11)20-12-4-6-19-7-5-12/h2-3,9-10,12,17H,4-8H2,1H3,(H,16,18)/t10-/m1/s1. The van der Waals surface area contributed by atoms with Gasteiger partial charge in [-0.15, -0.1) is 0 Å². The van der Waals surface area contributed by atoms with Crippen molar-refractivity contribution < 1.29 is 19.4 Å². The predicted octanol–water partition coefficient (Wildman–Crippen LogP) is 0.750. The molecule has 1 atom stereocenters. The van der Waals surface area contributed by atoms with Crippen LogP contribution in [0.1, 0.15) is 30.1 Å². The van der Waals surface area contributed by atoms with E-state index in [9.17, 15) is 4.79 Å². The maximum absolute atomic E-state index is 11.7. The van der Waals surface area contributed by atoms with Crippen LogP contribution >= 0.6 is 0 Å². The van der Waals surface area contributed by atoms with Crippen LogP contribution in [0.3, 0.4) is 0 Å². The molecule has 6 nitrogen and oxygen atoms in total. The molecule has 0 unspecified atom stereocenters. The van der Waals surface area contributed by atoms with Crippen molar-refractivity contribution in [2.45, 2.75) is 32.0 Å². The summed E-state index contributed by atoms with van der Waals surface area (Å²) in [6.45, 7) is 3.26. The Labute approximate surface area is 118 Å². The molecule has 110 valence electrons. The second kappa shape index (κ2) is 7.21. The van der Waals surface area contributed by atoms with Gasteiger partial charge in [-0.1, -0.05) is 0 Å². The molecule has 1 fully saturated rings. The van der Waals surface area contributed by atoms with Crippen LogP contribution in [0.25, 0.3) is 0 Å². The van der Waals surface area contributed by atoms with Crippen LogP contribution in [0.15, 0.2) is 18.3 Å². The summed E-state index contributed by atoms with van der Waals surface area (Å²) in [4.78, 5) is 15.9. The molecule has 20 heavy (non-hydrogen) atoms. The van der Waals surface area contributed by atoms with Gasteiger partial charge in [0.15, 0.2) is 0 Å². The number of ether oxygens (including phenoxy) is 2. The molecular formula is C14H20N2O4. The predicted molar refractivity (Wildman–Crippen MR) is 72.7 cm³/mol. The minimum absolute atomic E-state index is 0.131. The summed E-state index contributed by atoms with van der Waals surface area (Å²) in [7, 11) is 0. The smallest absolute Gasteiger partial charge is 0.252 e. The number of nitrogens with zero attached hydrogens (tertiary/aromatic N) is 1. The molecule has 0 spiro atoms. The third-order valence-electron chi connectivity index (χ3n) is 3.01. The number of aromatic nitrogens is 1. The zero-order chi connectivity index (χ0) is 14.4. The van der Waals surface area contributed by atoms with E-state index in [-0.39, 0.29) is 18.6 Å². The largest absolute Gasteiger partial charge is 0.474 e. The van der Waals surface area contributed by atoms with Gasteiger partial charge in [-0.3, -0.25) is 4.79 Å². The Hall–Kier alpha value is -1.66. The summed E-state index contributed by atoms with van der Waals surface area (Å²) in [6.07, 6.45) is 2.76. The highest BCUT2D eigenvalue weighted by atomic mass is 16.5. The Kier molecular flexibility index (Phi) is 5.31. The van der Waals surface area contributed by atoms with Gasteiger partial charge in [-0.2, -0.15) is 0 Å². The van der Waals surface area contributed by atoms with Gasteiger partial charge in [0.2, 0.25) is 5.88 Å². The lowest BCUT2D eigenvalue weighted by atomic mass is 10.1. The molecule has 1 aliphatic rings. The fraction of sp³-hybridized carbons (Fsp3) is 0.571. The van der Waals surface area contributed by atoms with E-state index in [0.29, 0.717) is 24.7 Å². The van der Waals surface area contributed by atoms with Crippen molar-refractivity contribution in [1.29, 1.82) is 0 Å².